The van der Waals surface area contributed by atoms with Gasteiger partial charge in [0.05, 0.1) is 12.3 Å². The zero-order chi connectivity index (χ0) is 16.7. The molecule has 0 N–H and O–H groups in total. The summed E-state index contributed by atoms with van der Waals surface area (Å²) in [4.78, 5) is 14.9. The third-order valence-electron chi connectivity index (χ3n) is 5.00. The maximum atomic E-state index is 13.0. The number of aryl methyl sites for hydroxylation is 2. The molecule has 2 aromatic rings. The Morgan fingerprint density at radius 2 is 2.17 bits per heavy atom. The van der Waals surface area contributed by atoms with Crippen molar-refractivity contribution >= 4 is 5.91 Å². The van der Waals surface area contributed by atoms with Crippen molar-refractivity contribution in [3.8, 4) is 0 Å². The van der Waals surface area contributed by atoms with Gasteiger partial charge < -0.3 is 14.2 Å². The normalized spacial score (nSPS) is 20.2. The molecule has 1 saturated carbocycles. The topological polar surface area (TPSA) is 65.2 Å². The Balaban J connectivity index is 1.59. The van der Waals surface area contributed by atoms with Crippen LogP contribution < -0.4 is 0 Å². The van der Waals surface area contributed by atoms with Gasteiger partial charge in [-0.05, 0) is 30.9 Å². The molecule has 7 heteroatoms. The summed E-state index contributed by atoms with van der Waals surface area (Å²) in [6, 6.07) is 3.59. The second kappa shape index (κ2) is 6.05. The Morgan fingerprint density at radius 3 is 2.88 bits per heavy atom. The highest BCUT2D eigenvalue weighted by molar-refractivity contribution is 5.93. The van der Waals surface area contributed by atoms with Gasteiger partial charge in [-0.3, -0.25) is 9.48 Å². The van der Waals surface area contributed by atoms with Crippen molar-refractivity contribution in [2.24, 2.45) is 20.0 Å². The minimum atomic E-state index is -0.163. The Bertz CT molecular complexity index is 746. The lowest BCUT2D eigenvalue weighted by molar-refractivity contribution is 0.0349. The van der Waals surface area contributed by atoms with Crippen LogP contribution in [-0.4, -0.2) is 50.1 Å². The molecular weight excluding hydrogens is 306 g/mol. The van der Waals surface area contributed by atoms with Crippen molar-refractivity contribution in [3.05, 3.63) is 35.4 Å². The van der Waals surface area contributed by atoms with Crippen molar-refractivity contribution < 1.29 is 9.53 Å². The molecule has 0 radical (unpaired) electrons. The molecule has 24 heavy (non-hydrogen) atoms. The Labute approximate surface area is 141 Å². The van der Waals surface area contributed by atoms with Crippen LogP contribution in [0.2, 0.25) is 0 Å². The second-order valence-electron chi connectivity index (χ2n) is 6.79. The van der Waals surface area contributed by atoms with Crippen LogP contribution in [-0.2, 0) is 25.3 Å². The first kappa shape index (κ1) is 15.4. The van der Waals surface area contributed by atoms with E-state index in [2.05, 4.69) is 10.3 Å². The van der Waals surface area contributed by atoms with Gasteiger partial charge in [0.1, 0.15) is 17.4 Å². The van der Waals surface area contributed by atoms with Crippen LogP contribution in [0.1, 0.15) is 40.8 Å². The van der Waals surface area contributed by atoms with Gasteiger partial charge >= 0.3 is 0 Å². The summed E-state index contributed by atoms with van der Waals surface area (Å²) in [6.45, 7) is 1.92. The maximum absolute atomic E-state index is 13.0. The summed E-state index contributed by atoms with van der Waals surface area (Å²) in [6.07, 6.45) is 5.18. The van der Waals surface area contributed by atoms with Crippen molar-refractivity contribution in [1.29, 1.82) is 0 Å². The molecule has 0 unspecified atom stereocenters. The molecular formula is C17H23N5O2. The first-order valence-electron chi connectivity index (χ1n) is 8.53. The molecule has 128 valence electrons. The fourth-order valence-corrected chi connectivity index (χ4v) is 3.34. The highest BCUT2D eigenvalue weighted by atomic mass is 16.5. The number of amides is 1. The second-order valence-corrected chi connectivity index (χ2v) is 6.79. The summed E-state index contributed by atoms with van der Waals surface area (Å²) in [5.41, 5.74) is 2.67. The van der Waals surface area contributed by atoms with E-state index in [1.807, 2.05) is 46.6 Å². The summed E-state index contributed by atoms with van der Waals surface area (Å²) >= 11 is 0. The number of aromatic nitrogens is 4. The zero-order valence-corrected chi connectivity index (χ0v) is 14.2. The number of fused-ring (bicyclic) bond motifs is 1. The Kier molecular flexibility index (Phi) is 3.88. The van der Waals surface area contributed by atoms with Crippen LogP contribution in [0, 0.1) is 5.92 Å². The fourth-order valence-electron chi connectivity index (χ4n) is 3.34. The SMILES string of the molecule is Cn1cccc1C(=O)N1CCc2c(nnn2C)[C@H]1COCC1CC1. The standard InChI is InChI=1S/C17H23N5O2/c1-20-8-3-4-14(20)17(23)22-9-7-13-16(18-19-21(13)2)15(22)11-24-10-12-5-6-12/h3-4,8,12,15H,5-7,9-11H2,1-2H3/t15-/m1/s1. The van der Waals surface area contributed by atoms with E-state index in [0.717, 1.165) is 24.4 Å². The van der Waals surface area contributed by atoms with Crippen molar-refractivity contribution in [2.45, 2.75) is 25.3 Å². The van der Waals surface area contributed by atoms with E-state index in [9.17, 15) is 4.79 Å². The maximum Gasteiger partial charge on any atom is 0.271 e. The lowest BCUT2D eigenvalue weighted by atomic mass is 10.0. The van der Waals surface area contributed by atoms with Crippen LogP contribution in [0.15, 0.2) is 18.3 Å². The molecule has 2 aliphatic rings. The molecule has 3 heterocycles. The molecule has 1 fully saturated rings. The molecule has 0 spiro atoms. The van der Waals surface area contributed by atoms with Crippen LogP contribution >= 0.6 is 0 Å². The van der Waals surface area contributed by atoms with Crippen molar-refractivity contribution in [3.63, 3.8) is 0 Å². The van der Waals surface area contributed by atoms with Gasteiger partial charge in [0.25, 0.3) is 5.91 Å². The minimum absolute atomic E-state index is 0.0267. The molecule has 1 aliphatic heterocycles. The number of hydrogen-bond donors (Lipinski definition) is 0. The van der Waals surface area contributed by atoms with E-state index < -0.39 is 0 Å². The number of rotatable bonds is 5. The predicted molar refractivity (Wildman–Crippen MR) is 87.4 cm³/mol. The van der Waals surface area contributed by atoms with Crippen LogP contribution in [0.5, 0.6) is 0 Å². The zero-order valence-electron chi connectivity index (χ0n) is 14.2. The molecule has 4 rings (SSSR count). The van der Waals surface area contributed by atoms with Gasteiger partial charge in [-0.25, -0.2) is 0 Å². The Hall–Kier alpha value is -2.15. The van der Waals surface area contributed by atoms with Crippen molar-refractivity contribution in [1.82, 2.24) is 24.5 Å². The van der Waals surface area contributed by atoms with Crippen LogP contribution in [0.25, 0.3) is 0 Å². The number of carbonyl (C=O) groups excluding carboxylic acids is 1. The number of hydrogen-bond acceptors (Lipinski definition) is 4. The molecule has 1 aliphatic carbocycles. The van der Waals surface area contributed by atoms with Gasteiger partial charge in [-0.1, -0.05) is 5.21 Å². The number of ether oxygens (including phenoxy) is 1. The third kappa shape index (κ3) is 2.73. The molecule has 7 nitrogen and oxygen atoms in total. The van der Waals surface area contributed by atoms with E-state index in [0.29, 0.717) is 24.8 Å². The van der Waals surface area contributed by atoms with Gasteiger partial charge in [-0.2, -0.15) is 0 Å². The van der Waals surface area contributed by atoms with E-state index in [4.69, 9.17) is 4.74 Å². The van der Waals surface area contributed by atoms with Crippen molar-refractivity contribution in [2.75, 3.05) is 19.8 Å². The first-order valence-corrected chi connectivity index (χ1v) is 8.53. The lowest BCUT2D eigenvalue weighted by Gasteiger charge is -2.34. The van der Waals surface area contributed by atoms with Gasteiger partial charge in [-0.15, -0.1) is 5.10 Å². The molecule has 0 aromatic carbocycles. The van der Waals surface area contributed by atoms with E-state index in [-0.39, 0.29) is 11.9 Å². The molecule has 2 aromatic heterocycles. The van der Waals surface area contributed by atoms with Gasteiger partial charge in [0, 0.05) is 39.9 Å². The Morgan fingerprint density at radius 1 is 1.33 bits per heavy atom. The highest BCUT2D eigenvalue weighted by Gasteiger charge is 2.36. The van der Waals surface area contributed by atoms with E-state index >= 15 is 0 Å². The number of nitrogens with zero attached hydrogens (tertiary/aromatic N) is 5. The molecule has 0 saturated heterocycles. The quantitative estimate of drug-likeness (QED) is 0.830. The largest absolute Gasteiger partial charge is 0.379 e. The van der Waals surface area contributed by atoms with Crippen LogP contribution in [0.3, 0.4) is 0 Å². The monoisotopic (exact) mass is 329 g/mol. The minimum Gasteiger partial charge on any atom is -0.379 e. The summed E-state index contributed by atoms with van der Waals surface area (Å²) in [5, 5.41) is 8.47. The number of carbonyl (C=O) groups is 1. The average molecular weight is 329 g/mol. The average Bonchev–Trinajstić information content (AvgIpc) is 3.18. The molecule has 0 bridgehead atoms. The summed E-state index contributed by atoms with van der Waals surface area (Å²) < 4.78 is 9.58. The predicted octanol–water partition coefficient (Wildman–Crippen LogP) is 1.32. The highest BCUT2D eigenvalue weighted by Crippen LogP contribution is 2.32. The first-order chi connectivity index (χ1) is 11.6. The summed E-state index contributed by atoms with van der Waals surface area (Å²) in [7, 11) is 3.80. The smallest absolute Gasteiger partial charge is 0.271 e. The fraction of sp³-hybridized carbons (Fsp3) is 0.588. The molecule has 1 amide bonds. The third-order valence-corrected chi connectivity index (χ3v) is 5.00. The summed E-state index contributed by atoms with van der Waals surface area (Å²) in [5.74, 6) is 0.728. The van der Waals surface area contributed by atoms with Gasteiger partial charge in [0.15, 0.2) is 0 Å². The van der Waals surface area contributed by atoms with E-state index in [1.54, 1.807) is 0 Å². The molecule has 1 atom stereocenters. The van der Waals surface area contributed by atoms with E-state index in [1.165, 1.54) is 12.8 Å². The van der Waals surface area contributed by atoms with Crippen LogP contribution in [0.4, 0.5) is 0 Å². The lowest BCUT2D eigenvalue weighted by Crippen LogP contribution is -2.43. The van der Waals surface area contributed by atoms with Gasteiger partial charge in [0.2, 0.25) is 0 Å².